The lowest BCUT2D eigenvalue weighted by atomic mass is 10.0. The second-order valence-corrected chi connectivity index (χ2v) is 5.30. The molecule has 0 aliphatic heterocycles. The van der Waals surface area contributed by atoms with Gasteiger partial charge in [-0.25, -0.2) is 0 Å². The van der Waals surface area contributed by atoms with Gasteiger partial charge in [0.15, 0.2) is 5.78 Å². The average molecular weight is 284 g/mol. The van der Waals surface area contributed by atoms with Crippen LogP contribution in [0.2, 0.25) is 5.02 Å². The van der Waals surface area contributed by atoms with Crippen LogP contribution in [0.15, 0.2) is 48.5 Å². The van der Waals surface area contributed by atoms with Crippen LogP contribution in [0.3, 0.4) is 0 Å². The van der Waals surface area contributed by atoms with Crippen molar-refractivity contribution in [2.45, 2.75) is 6.92 Å². The second kappa shape index (κ2) is 4.80. The molecule has 3 heteroatoms. The van der Waals surface area contributed by atoms with Crippen molar-refractivity contribution in [2.24, 2.45) is 7.05 Å². The van der Waals surface area contributed by atoms with Crippen LogP contribution in [0.5, 0.6) is 0 Å². The number of hydrogen-bond donors (Lipinski definition) is 0. The summed E-state index contributed by atoms with van der Waals surface area (Å²) in [4.78, 5) is 12.1. The largest absolute Gasteiger partial charge is 0.341 e. The van der Waals surface area contributed by atoms with Crippen LogP contribution in [0, 0.1) is 0 Å². The van der Waals surface area contributed by atoms with Crippen molar-refractivity contribution in [2.75, 3.05) is 0 Å². The molecule has 20 heavy (non-hydrogen) atoms. The molecule has 0 saturated heterocycles. The van der Waals surface area contributed by atoms with Gasteiger partial charge in [-0.1, -0.05) is 41.9 Å². The Labute approximate surface area is 122 Å². The Morgan fingerprint density at radius 2 is 1.80 bits per heavy atom. The number of Topliss-reactive ketones (excluding diaryl/α,β-unsaturated/α-hetero) is 1. The van der Waals surface area contributed by atoms with Gasteiger partial charge >= 0.3 is 0 Å². The van der Waals surface area contributed by atoms with Crippen LogP contribution >= 0.6 is 11.6 Å². The molecular formula is C17H14ClNO. The van der Waals surface area contributed by atoms with Crippen molar-refractivity contribution in [1.29, 1.82) is 0 Å². The molecule has 2 nitrogen and oxygen atoms in total. The Balaban J connectivity index is 2.47. The molecule has 1 heterocycles. The molecule has 0 spiro atoms. The van der Waals surface area contributed by atoms with Crippen molar-refractivity contribution in [3.05, 3.63) is 59.2 Å². The topological polar surface area (TPSA) is 22.0 Å². The van der Waals surface area contributed by atoms with E-state index in [1.807, 2.05) is 60.1 Å². The minimum absolute atomic E-state index is 0.0543. The van der Waals surface area contributed by atoms with Crippen LogP contribution in [-0.4, -0.2) is 10.4 Å². The number of benzene rings is 2. The second-order valence-electron chi connectivity index (χ2n) is 4.87. The Morgan fingerprint density at radius 1 is 1.10 bits per heavy atom. The van der Waals surface area contributed by atoms with Gasteiger partial charge < -0.3 is 4.57 Å². The molecule has 0 atom stereocenters. The first-order valence-corrected chi connectivity index (χ1v) is 6.81. The van der Waals surface area contributed by atoms with E-state index in [0.29, 0.717) is 10.7 Å². The molecule has 3 rings (SSSR count). The molecule has 0 bridgehead atoms. The maximum Gasteiger partial charge on any atom is 0.176 e. The third-order valence-corrected chi connectivity index (χ3v) is 3.79. The van der Waals surface area contributed by atoms with E-state index in [-0.39, 0.29) is 5.78 Å². The van der Waals surface area contributed by atoms with Crippen LogP contribution in [-0.2, 0) is 7.05 Å². The van der Waals surface area contributed by atoms with Crippen LogP contribution in [0.1, 0.15) is 17.4 Å². The van der Waals surface area contributed by atoms with Gasteiger partial charge in [-0.15, -0.1) is 0 Å². The van der Waals surface area contributed by atoms with Crippen molar-refractivity contribution < 1.29 is 4.79 Å². The lowest BCUT2D eigenvalue weighted by Crippen LogP contribution is -2.02. The normalized spacial score (nSPS) is 10.9. The number of hydrogen-bond acceptors (Lipinski definition) is 1. The maximum absolute atomic E-state index is 12.1. The monoisotopic (exact) mass is 283 g/mol. The van der Waals surface area contributed by atoms with Crippen LogP contribution < -0.4 is 0 Å². The summed E-state index contributed by atoms with van der Waals surface area (Å²) in [7, 11) is 1.92. The van der Waals surface area contributed by atoms with E-state index in [4.69, 9.17) is 11.6 Å². The lowest BCUT2D eigenvalue weighted by Gasteiger charge is -2.04. The first-order valence-electron chi connectivity index (χ1n) is 6.44. The summed E-state index contributed by atoms with van der Waals surface area (Å²) in [6, 6.07) is 15.7. The number of ketones is 1. The molecule has 0 N–H and O–H groups in total. The van der Waals surface area contributed by atoms with Crippen molar-refractivity contribution >= 4 is 28.3 Å². The predicted molar refractivity (Wildman–Crippen MR) is 83.4 cm³/mol. The smallest absolute Gasteiger partial charge is 0.176 e. The van der Waals surface area contributed by atoms with E-state index in [1.165, 1.54) is 0 Å². The van der Waals surface area contributed by atoms with Gasteiger partial charge in [-0.05, 0) is 23.8 Å². The fourth-order valence-electron chi connectivity index (χ4n) is 2.73. The van der Waals surface area contributed by atoms with Gasteiger partial charge in [-0.3, -0.25) is 4.79 Å². The highest BCUT2D eigenvalue weighted by Crippen LogP contribution is 2.35. The number of aryl methyl sites for hydroxylation is 1. The highest BCUT2D eigenvalue weighted by atomic mass is 35.5. The van der Waals surface area contributed by atoms with Gasteiger partial charge in [0.05, 0.1) is 5.69 Å². The van der Waals surface area contributed by atoms with Crippen molar-refractivity contribution in [3.63, 3.8) is 0 Å². The third kappa shape index (κ3) is 1.93. The zero-order valence-electron chi connectivity index (χ0n) is 11.4. The molecule has 0 radical (unpaired) electrons. The standard InChI is InChI=1S/C17H14ClNO/c1-11(20)17-16(12-6-4-3-5-7-12)14-10-13(18)8-9-15(14)19(17)2/h3-10H,1-2H3. The van der Waals surface area contributed by atoms with E-state index < -0.39 is 0 Å². The number of carbonyl (C=O) groups is 1. The Hall–Kier alpha value is -2.06. The molecule has 3 aromatic rings. The number of rotatable bonds is 2. The molecule has 0 saturated carbocycles. The zero-order valence-corrected chi connectivity index (χ0v) is 12.1. The highest BCUT2D eigenvalue weighted by Gasteiger charge is 2.19. The van der Waals surface area contributed by atoms with Crippen LogP contribution in [0.4, 0.5) is 0 Å². The van der Waals surface area contributed by atoms with E-state index in [2.05, 4.69) is 0 Å². The average Bonchev–Trinajstić information content (AvgIpc) is 2.72. The molecule has 100 valence electrons. The first kappa shape index (κ1) is 12.9. The summed E-state index contributed by atoms with van der Waals surface area (Å²) in [5.74, 6) is 0.0543. The number of halogens is 1. The fourth-order valence-corrected chi connectivity index (χ4v) is 2.90. The van der Waals surface area contributed by atoms with E-state index >= 15 is 0 Å². The first-order chi connectivity index (χ1) is 9.59. The lowest BCUT2D eigenvalue weighted by molar-refractivity contribution is 0.101. The minimum Gasteiger partial charge on any atom is -0.341 e. The van der Waals surface area contributed by atoms with Crippen molar-refractivity contribution in [1.82, 2.24) is 4.57 Å². The third-order valence-electron chi connectivity index (χ3n) is 3.56. The summed E-state index contributed by atoms with van der Waals surface area (Å²) < 4.78 is 1.94. The predicted octanol–water partition coefficient (Wildman–Crippen LogP) is 4.70. The summed E-state index contributed by atoms with van der Waals surface area (Å²) in [6.45, 7) is 1.60. The van der Waals surface area contributed by atoms with E-state index in [1.54, 1.807) is 6.92 Å². The Bertz CT molecular complexity index is 803. The summed E-state index contributed by atoms with van der Waals surface area (Å²) >= 11 is 6.13. The molecule has 0 amide bonds. The zero-order chi connectivity index (χ0) is 14.3. The van der Waals surface area contributed by atoms with Gasteiger partial charge in [0.1, 0.15) is 0 Å². The van der Waals surface area contributed by atoms with Gasteiger partial charge in [0, 0.05) is 35.5 Å². The van der Waals surface area contributed by atoms with Gasteiger partial charge in [-0.2, -0.15) is 0 Å². The molecule has 0 aliphatic carbocycles. The molecule has 0 aliphatic rings. The quantitative estimate of drug-likeness (QED) is 0.625. The Kier molecular flexibility index (Phi) is 3.11. The number of fused-ring (bicyclic) bond motifs is 1. The Morgan fingerprint density at radius 3 is 2.45 bits per heavy atom. The number of nitrogens with zero attached hydrogens (tertiary/aromatic N) is 1. The van der Waals surface area contributed by atoms with Gasteiger partial charge in [0.2, 0.25) is 0 Å². The molecule has 0 fully saturated rings. The molecule has 0 unspecified atom stereocenters. The van der Waals surface area contributed by atoms with Gasteiger partial charge in [0.25, 0.3) is 0 Å². The fraction of sp³-hybridized carbons (Fsp3) is 0.118. The van der Waals surface area contributed by atoms with E-state index in [9.17, 15) is 4.79 Å². The molecule has 2 aromatic carbocycles. The molecular weight excluding hydrogens is 270 g/mol. The maximum atomic E-state index is 12.1. The minimum atomic E-state index is 0.0543. The number of carbonyl (C=O) groups excluding carboxylic acids is 1. The summed E-state index contributed by atoms with van der Waals surface area (Å²) in [6.07, 6.45) is 0. The summed E-state index contributed by atoms with van der Waals surface area (Å²) in [5, 5.41) is 1.69. The molecule has 1 aromatic heterocycles. The van der Waals surface area contributed by atoms with Crippen LogP contribution in [0.25, 0.3) is 22.0 Å². The van der Waals surface area contributed by atoms with Crippen molar-refractivity contribution in [3.8, 4) is 11.1 Å². The SMILES string of the molecule is CC(=O)c1c(-c2ccccc2)c2cc(Cl)ccc2n1C. The highest BCUT2D eigenvalue weighted by molar-refractivity contribution is 6.31. The van der Waals surface area contributed by atoms with E-state index in [0.717, 1.165) is 22.0 Å². The number of aromatic nitrogens is 1. The summed E-state index contributed by atoms with van der Waals surface area (Å²) in [5.41, 5.74) is 3.72.